The summed E-state index contributed by atoms with van der Waals surface area (Å²) in [6.45, 7) is 2.64. The third-order valence-corrected chi connectivity index (χ3v) is 12.3. The van der Waals surface area contributed by atoms with Gasteiger partial charge in [0, 0.05) is 12.8 Å². The summed E-state index contributed by atoms with van der Waals surface area (Å²) >= 11 is 0. The summed E-state index contributed by atoms with van der Waals surface area (Å²) in [6.07, 6.45) is 44.2. The maximum atomic E-state index is 12.3. The van der Waals surface area contributed by atoms with Crippen molar-refractivity contribution in [2.75, 3.05) is 19.8 Å². The second-order valence-electron chi connectivity index (χ2n) is 17.4. The van der Waals surface area contributed by atoms with E-state index in [0.717, 1.165) is 38.5 Å². The Labute approximate surface area is 367 Å². The highest BCUT2D eigenvalue weighted by Gasteiger charge is 2.28. The first kappa shape index (κ1) is 58.5. The summed E-state index contributed by atoms with van der Waals surface area (Å²) in [6, 6.07) is -1.54. The molecule has 0 aromatic rings. The molecule has 3 atom stereocenters. The molecule has 0 bridgehead atoms. The number of carbonyl (C=O) groups is 3. The van der Waals surface area contributed by atoms with Crippen LogP contribution in [0, 0.1) is 0 Å². The van der Waals surface area contributed by atoms with Crippen molar-refractivity contribution in [3.8, 4) is 0 Å². The average molecular weight is 876 g/mol. The van der Waals surface area contributed by atoms with E-state index in [-0.39, 0.29) is 12.8 Å². The zero-order valence-electron chi connectivity index (χ0n) is 38.8. The van der Waals surface area contributed by atoms with E-state index < -0.39 is 57.6 Å². The van der Waals surface area contributed by atoms with Crippen LogP contribution in [0.5, 0.6) is 0 Å². The third kappa shape index (κ3) is 43.1. The first-order valence-electron chi connectivity index (χ1n) is 25.1. The lowest BCUT2D eigenvalue weighted by atomic mass is 10.0. The number of phosphoric ester groups is 1. The Bertz CT molecular complexity index is 1030. The number of nitrogens with one attached hydrogen (secondary N) is 1. The lowest BCUT2D eigenvalue weighted by Crippen LogP contribution is -2.43. The van der Waals surface area contributed by atoms with Crippen LogP contribution in [0.4, 0.5) is 0 Å². The predicted octanol–water partition coefficient (Wildman–Crippen LogP) is 13.5. The molecule has 60 heavy (non-hydrogen) atoms. The number of phosphoric acid groups is 1. The van der Waals surface area contributed by atoms with Gasteiger partial charge in [-0.1, -0.05) is 232 Å². The van der Waals surface area contributed by atoms with E-state index in [1.807, 2.05) is 0 Å². The minimum atomic E-state index is -4.75. The number of aliphatic hydroxyl groups is 1. The van der Waals surface area contributed by atoms with Crippen LogP contribution in [-0.2, 0) is 32.7 Å². The predicted molar refractivity (Wildman–Crippen MR) is 245 cm³/mol. The quantitative estimate of drug-likeness (QED) is 0.0262. The Morgan fingerprint density at radius 1 is 0.467 bits per heavy atom. The van der Waals surface area contributed by atoms with Gasteiger partial charge in [-0.2, -0.15) is 0 Å². The first-order valence-corrected chi connectivity index (χ1v) is 26.6. The van der Waals surface area contributed by atoms with Crippen LogP contribution in [-0.4, -0.2) is 64.9 Å². The highest BCUT2D eigenvalue weighted by molar-refractivity contribution is 7.47. The minimum absolute atomic E-state index is 0.152. The molecule has 11 nitrogen and oxygen atoms in total. The Hall–Kier alpha value is -1.52. The SMILES string of the molecule is CCCCCCCCCCCCCCCCCCCCCCCCC(=O)OCC(O)COP(=O)(O)OCC(NC(=O)CCCCCCCCCCCCCCCC)C(=O)O. The second kappa shape index (κ2) is 44.1. The normalized spacial score (nSPS) is 13.5. The highest BCUT2D eigenvalue weighted by Crippen LogP contribution is 2.43. The molecule has 4 N–H and O–H groups in total. The van der Waals surface area contributed by atoms with Crippen LogP contribution in [0.25, 0.3) is 0 Å². The molecule has 0 aromatic heterocycles. The summed E-state index contributed by atoms with van der Waals surface area (Å²) in [5.41, 5.74) is 0. The summed E-state index contributed by atoms with van der Waals surface area (Å²) in [5.74, 6) is -2.35. The van der Waals surface area contributed by atoms with Gasteiger partial charge >= 0.3 is 19.8 Å². The van der Waals surface area contributed by atoms with Crippen molar-refractivity contribution in [3.05, 3.63) is 0 Å². The molecule has 0 saturated heterocycles. The molecule has 0 aromatic carbocycles. The van der Waals surface area contributed by atoms with Crippen LogP contribution in [0.15, 0.2) is 0 Å². The molecule has 0 fully saturated rings. The van der Waals surface area contributed by atoms with Gasteiger partial charge in [0.2, 0.25) is 5.91 Å². The maximum absolute atomic E-state index is 12.3. The molecule has 0 aliphatic rings. The lowest BCUT2D eigenvalue weighted by molar-refractivity contribution is -0.147. The molecule has 0 aliphatic heterocycles. The van der Waals surface area contributed by atoms with Crippen molar-refractivity contribution >= 4 is 25.7 Å². The number of carbonyl (C=O) groups excluding carboxylic acids is 2. The van der Waals surface area contributed by atoms with Crippen LogP contribution in [0.3, 0.4) is 0 Å². The van der Waals surface area contributed by atoms with Gasteiger partial charge < -0.3 is 25.2 Å². The van der Waals surface area contributed by atoms with Crippen LogP contribution in [0.2, 0.25) is 0 Å². The van der Waals surface area contributed by atoms with Crippen molar-refractivity contribution < 1.29 is 47.8 Å². The number of carboxylic acids is 1. The van der Waals surface area contributed by atoms with Gasteiger partial charge in [0.1, 0.15) is 12.7 Å². The Morgan fingerprint density at radius 2 is 0.767 bits per heavy atom. The number of amides is 1. The smallest absolute Gasteiger partial charge is 0.472 e. The second-order valence-corrected chi connectivity index (χ2v) is 18.8. The number of ether oxygens (including phenoxy) is 1. The largest absolute Gasteiger partial charge is 0.480 e. The zero-order chi connectivity index (χ0) is 44.2. The molecule has 3 unspecified atom stereocenters. The molecular formula is C48H94NO10P. The van der Waals surface area contributed by atoms with Gasteiger partial charge in [-0.15, -0.1) is 0 Å². The number of hydrogen-bond donors (Lipinski definition) is 4. The van der Waals surface area contributed by atoms with Gasteiger partial charge in [0.15, 0.2) is 6.04 Å². The fourth-order valence-corrected chi connectivity index (χ4v) is 8.27. The summed E-state index contributed by atoms with van der Waals surface area (Å²) in [4.78, 5) is 46.0. The maximum Gasteiger partial charge on any atom is 0.472 e. The molecule has 0 saturated carbocycles. The van der Waals surface area contributed by atoms with Crippen molar-refractivity contribution in [2.24, 2.45) is 0 Å². The van der Waals surface area contributed by atoms with Crippen LogP contribution in [0.1, 0.15) is 258 Å². The number of hydrogen-bond acceptors (Lipinski definition) is 8. The molecule has 12 heteroatoms. The molecule has 1 amide bonds. The lowest BCUT2D eigenvalue weighted by Gasteiger charge is -2.18. The topological polar surface area (TPSA) is 169 Å². The fourth-order valence-electron chi connectivity index (χ4n) is 7.50. The van der Waals surface area contributed by atoms with E-state index in [4.69, 9.17) is 13.8 Å². The third-order valence-electron chi connectivity index (χ3n) is 11.4. The van der Waals surface area contributed by atoms with Gasteiger partial charge in [0.05, 0.1) is 13.2 Å². The number of carboxylic acid groups (broad SMARTS) is 1. The van der Waals surface area contributed by atoms with E-state index in [2.05, 4.69) is 19.2 Å². The van der Waals surface area contributed by atoms with Crippen LogP contribution < -0.4 is 5.32 Å². The van der Waals surface area contributed by atoms with Gasteiger partial charge in [-0.05, 0) is 12.8 Å². The number of esters is 1. The minimum Gasteiger partial charge on any atom is -0.480 e. The molecule has 356 valence electrons. The van der Waals surface area contributed by atoms with E-state index in [0.29, 0.717) is 12.8 Å². The van der Waals surface area contributed by atoms with Gasteiger partial charge in [-0.25, -0.2) is 9.36 Å². The van der Waals surface area contributed by atoms with E-state index in [1.165, 1.54) is 180 Å². The average Bonchev–Trinajstić information content (AvgIpc) is 3.22. The van der Waals surface area contributed by atoms with Gasteiger partial charge in [0.25, 0.3) is 0 Å². The standard InChI is InChI=1S/C48H94NO10P/c1-3-5-7-9-11-13-15-17-19-20-21-22-23-24-25-26-28-30-32-34-36-38-40-47(52)57-41-44(50)42-58-60(55,56)59-43-45(48(53)54)49-46(51)39-37-35-33-31-29-27-18-16-14-12-10-8-6-4-2/h44-45,50H,3-43H2,1-2H3,(H,49,51)(H,53,54)(H,55,56). The van der Waals surface area contributed by atoms with Crippen molar-refractivity contribution in [1.29, 1.82) is 0 Å². The van der Waals surface area contributed by atoms with E-state index in [1.54, 1.807) is 0 Å². The highest BCUT2D eigenvalue weighted by atomic mass is 31.2. The molecule has 0 heterocycles. The molecule has 0 aliphatic carbocycles. The Balaban J connectivity index is 3.76. The molecule has 0 radical (unpaired) electrons. The Morgan fingerprint density at radius 3 is 1.10 bits per heavy atom. The van der Waals surface area contributed by atoms with Gasteiger partial charge in [-0.3, -0.25) is 18.6 Å². The molecule has 0 rings (SSSR count). The number of aliphatic hydroxyl groups excluding tert-OH is 1. The first-order chi connectivity index (χ1) is 29.1. The van der Waals surface area contributed by atoms with E-state index in [9.17, 15) is 34.1 Å². The number of rotatable bonds is 48. The molecular weight excluding hydrogens is 781 g/mol. The zero-order valence-corrected chi connectivity index (χ0v) is 39.7. The molecule has 0 spiro atoms. The Kier molecular flexibility index (Phi) is 43.0. The summed E-state index contributed by atoms with van der Waals surface area (Å²) in [5, 5.41) is 21.9. The monoisotopic (exact) mass is 876 g/mol. The summed E-state index contributed by atoms with van der Waals surface area (Å²) in [7, 11) is -4.75. The van der Waals surface area contributed by atoms with Crippen LogP contribution >= 0.6 is 7.82 Å². The summed E-state index contributed by atoms with van der Waals surface area (Å²) < 4.78 is 26.9. The van der Waals surface area contributed by atoms with E-state index >= 15 is 0 Å². The number of aliphatic carboxylic acids is 1. The van der Waals surface area contributed by atoms with Crippen molar-refractivity contribution in [2.45, 2.75) is 270 Å². The van der Waals surface area contributed by atoms with Crippen molar-refractivity contribution in [3.63, 3.8) is 0 Å². The number of unbranched alkanes of at least 4 members (excludes halogenated alkanes) is 34. The van der Waals surface area contributed by atoms with Crippen molar-refractivity contribution in [1.82, 2.24) is 5.32 Å². The fraction of sp³-hybridized carbons (Fsp3) is 0.938.